The number of hydrogen-bond acceptors (Lipinski definition) is 3. The van der Waals surface area contributed by atoms with Gasteiger partial charge < -0.3 is 13.9 Å². The van der Waals surface area contributed by atoms with E-state index in [9.17, 15) is 0 Å². The molecule has 0 saturated heterocycles. The van der Waals surface area contributed by atoms with Crippen molar-refractivity contribution in [3.05, 3.63) is 200 Å². The Balaban J connectivity index is 1.10. The van der Waals surface area contributed by atoms with E-state index in [2.05, 4.69) is 173 Å². The lowest BCUT2D eigenvalue weighted by atomic mass is 10.0. The Kier molecular flexibility index (Phi) is 7.14. The second-order valence-electron chi connectivity index (χ2n) is 14.0. The third-order valence-electron chi connectivity index (χ3n) is 10.8. The van der Waals surface area contributed by atoms with Gasteiger partial charge in [-0.05, 0) is 112 Å². The smallest absolute Gasteiger partial charge is 0.227 e. The highest BCUT2D eigenvalue weighted by atomic mass is 16.3. The zero-order chi connectivity index (χ0) is 36.3. The molecule has 0 aliphatic heterocycles. The number of nitrogens with zero attached hydrogens (tertiary/aromatic N) is 3. The number of hydrogen-bond donors (Lipinski definition) is 0. The first-order valence-electron chi connectivity index (χ1n) is 18.6. The minimum atomic E-state index is 0.620. The molecule has 4 heteroatoms. The van der Waals surface area contributed by atoms with Crippen molar-refractivity contribution in [2.24, 2.45) is 0 Å². The van der Waals surface area contributed by atoms with Crippen LogP contribution in [0.4, 0.5) is 17.1 Å². The first-order chi connectivity index (χ1) is 27.2. The van der Waals surface area contributed by atoms with E-state index in [1.54, 1.807) is 0 Å². The summed E-state index contributed by atoms with van der Waals surface area (Å²) in [6.45, 7) is 0. The molecule has 11 aromatic rings. The average molecular weight is 704 g/mol. The molecule has 258 valence electrons. The van der Waals surface area contributed by atoms with Crippen LogP contribution in [0.1, 0.15) is 0 Å². The highest BCUT2D eigenvalue weighted by molar-refractivity contribution is 6.11. The zero-order valence-electron chi connectivity index (χ0n) is 29.8. The summed E-state index contributed by atoms with van der Waals surface area (Å²) in [5.41, 5.74) is 11.6. The van der Waals surface area contributed by atoms with Gasteiger partial charge in [0.15, 0.2) is 5.58 Å². The number of aromatic nitrogens is 2. The Labute approximate surface area is 317 Å². The summed E-state index contributed by atoms with van der Waals surface area (Å²) in [7, 11) is 0. The zero-order valence-corrected chi connectivity index (χ0v) is 29.8. The monoisotopic (exact) mass is 703 g/mol. The van der Waals surface area contributed by atoms with Gasteiger partial charge in [0.1, 0.15) is 5.52 Å². The van der Waals surface area contributed by atoms with Gasteiger partial charge >= 0.3 is 0 Å². The normalized spacial score (nSPS) is 11.6. The standard InChI is InChI=1S/C51H33N3O/c1-3-12-37(13-4-1)51-52-47-29-24-36-23-27-42(32-45(36)50(47)55-51)53(41-25-21-35(22-26-41)39-20-19-34-11-7-8-14-38(34)31-39)43-28-30-49-46(33-43)44-17-9-10-18-48(44)54(49)40-15-5-2-6-16-40/h1-33H. The molecule has 0 fully saturated rings. The molecule has 0 spiro atoms. The molecule has 55 heavy (non-hydrogen) atoms. The molecular weight excluding hydrogens is 671 g/mol. The van der Waals surface area contributed by atoms with E-state index < -0.39 is 0 Å². The van der Waals surface area contributed by atoms with Gasteiger partial charge in [-0.3, -0.25) is 0 Å². The van der Waals surface area contributed by atoms with Gasteiger partial charge in [0.2, 0.25) is 5.89 Å². The number of fused-ring (bicyclic) bond motifs is 7. The Morgan fingerprint density at radius 2 is 1.02 bits per heavy atom. The van der Waals surface area contributed by atoms with Crippen LogP contribution in [0.5, 0.6) is 0 Å². The maximum atomic E-state index is 6.53. The largest absolute Gasteiger partial charge is 0.435 e. The molecule has 4 nitrogen and oxygen atoms in total. The summed E-state index contributed by atoms with van der Waals surface area (Å²) in [6, 6.07) is 71.2. The van der Waals surface area contributed by atoms with Crippen molar-refractivity contribution in [1.29, 1.82) is 0 Å². The Morgan fingerprint density at radius 3 is 1.85 bits per heavy atom. The molecule has 0 atom stereocenters. The van der Waals surface area contributed by atoms with Crippen LogP contribution in [-0.2, 0) is 0 Å². The van der Waals surface area contributed by atoms with Gasteiger partial charge in [0, 0.05) is 44.5 Å². The molecule has 0 N–H and O–H groups in total. The summed E-state index contributed by atoms with van der Waals surface area (Å²) in [4.78, 5) is 7.24. The molecule has 0 bridgehead atoms. The number of para-hydroxylation sites is 2. The molecule has 2 heterocycles. The van der Waals surface area contributed by atoms with Crippen LogP contribution in [-0.4, -0.2) is 9.55 Å². The number of rotatable bonds is 6. The minimum absolute atomic E-state index is 0.620. The summed E-state index contributed by atoms with van der Waals surface area (Å²) in [6.07, 6.45) is 0. The quantitative estimate of drug-likeness (QED) is 0.173. The van der Waals surface area contributed by atoms with E-state index in [-0.39, 0.29) is 0 Å². The Hall–Kier alpha value is -7.43. The predicted octanol–water partition coefficient (Wildman–Crippen LogP) is 14.0. The summed E-state index contributed by atoms with van der Waals surface area (Å²) >= 11 is 0. The van der Waals surface area contributed by atoms with Crippen molar-refractivity contribution in [3.63, 3.8) is 0 Å². The fourth-order valence-corrected chi connectivity index (χ4v) is 8.11. The summed E-state index contributed by atoms with van der Waals surface area (Å²) < 4.78 is 8.89. The molecule has 11 rings (SSSR count). The first kappa shape index (κ1) is 31.1. The SMILES string of the molecule is c1ccc(-c2nc3ccc4ccc(N(c5ccc(-c6ccc7ccccc7c6)cc5)c5ccc6c(c5)c5ccccc5n6-c5ccccc5)cc4c3o2)cc1. The van der Waals surface area contributed by atoms with Gasteiger partial charge in [0.05, 0.1) is 11.0 Å². The van der Waals surface area contributed by atoms with Crippen LogP contribution in [0.2, 0.25) is 0 Å². The lowest BCUT2D eigenvalue weighted by Crippen LogP contribution is -2.10. The molecule has 2 aromatic heterocycles. The van der Waals surface area contributed by atoms with Crippen molar-refractivity contribution in [2.45, 2.75) is 0 Å². The number of benzene rings is 9. The predicted molar refractivity (Wildman–Crippen MR) is 229 cm³/mol. The van der Waals surface area contributed by atoms with Crippen molar-refractivity contribution >= 4 is 71.5 Å². The summed E-state index contributed by atoms with van der Waals surface area (Å²) in [5, 5.41) is 7.00. The molecule has 0 amide bonds. The lowest BCUT2D eigenvalue weighted by molar-refractivity contribution is 0.623. The van der Waals surface area contributed by atoms with Crippen LogP contribution in [0.25, 0.3) is 82.7 Å². The van der Waals surface area contributed by atoms with Gasteiger partial charge in [-0.25, -0.2) is 4.98 Å². The molecule has 0 saturated carbocycles. The fourth-order valence-electron chi connectivity index (χ4n) is 8.11. The topological polar surface area (TPSA) is 34.2 Å². The molecule has 0 radical (unpaired) electrons. The van der Waals surface area contributed by atoms with Gasteiger partial charge in [-0.15, -0.1) is 0 Å². The van der Waals surface area contributed by atoms with Gasteiger partial charge in [-0.2, -0.15) is 0 Å². The van der Waals surface area contributed by atoms with E-state index in [0.717, 1.165) is 55.7 Å². The van der Waals surface area contributed by atoms with Crippen LogP contribution >= 0.6 is 0 Å². The van der Waals surface area contributed by atoms with E-state index >= 15 is 0 Å². The lowest BCUT2D eigenvalue weighted by Gasteiger charge is -2.26. The van der Waals surface area contributed by atoms with E-state index in [1.165, 1.54) is 38.2 Å². The Morgan fingerprint density at radius 1 is 0.400 bits per heavy atom. The molecule has 0 aliphatic carbocycles. The van der Waals surface area contributed by atoms with Gasteiger partial charge in [0.25, 0.3) is 0 Å². The molecule has 0 unspecified atom stereocenters. The second kappa shape index (κ2) is 12.6. The third kappa shape index (κ3) is 5.26. The molecule has 9 aromatic carbocycles. The fraction of sp³-hybridized carbons (Fsp3) is 0. The highest BCUT2D eigenvalue weighted by Crippen LogP contribution is 2.42. The van der Waals surface area contributed by atoms with Crippen LogP contribution in [0, 0.1) is 0 Å². The third-order valence-corrected chi connectivity index (χ3v) is 10.8. The van der Waals surface area contributed by atoms with E-state index in [4.69, 9.17) is 9.40 Å². The van der Waals surface area contributed by atoms with Crippen molar-refractivity contribution < 1.29 is 4.42 Å². The summed E-state index contributed by atoms with van der Waals surface area (Å²) in [5.74, 6) is 0.620. The molecule has 0 aliphatic rings. The van der Waals surface area contributed by atoms with Crippen LogP contribution in [0.15, 0.2) is 205 Å². The van der Waals surface area contributed by atoms with E-state index in [0.29, 0.717) is 5.89 Å². The van der Waals surface area contributed by atoms with E-state index in [1.807, 2.05) is 36.4 Å². The maximum Gasteiger partial charge on any atom is 0.227 e. The second-order valence-corrected chi connectivity index (χ2v) is 14.0. The van der Waals surface area contributed by atoms with Crippen LogP contribution in [0.3, 0.4) is 0 Å². The van der Waals surface area contributed by atoms with Crippen molar-refractivity contribution in [3.8, 4) is 28.3 Å². The number of anilines is 3. The maximum absolute atomic E-state index is 6.53. The van der Waals surface area contributed by atoms with Gasteiger partial charge in [-0.1, -0.05) is 115 Å². The average Bonchev–Trinajstić information content (AvgIpc) is 3.85. The minimum Gasteiger partial charge on any atom is -0.435 e. The Bertz CT molecular complexity index is 3200. The first-order valence-corrected chi connectivity index (χ1v) is 18.6. The van der Waals surface area contributed by atoms with Crippen LogP contribution < -0.4 is 4.90 Å². The number of oxazole rings is 1. The van der Waals surface area contributed by atoms with Crippen molar-refractivity contribution in [2.75, 3.05) is 4.90 Å². The van der Waals surface area contributed by atoms with Crippen molar-refractivity contribution in [1.82, 2.24) is 9.55 Å². The highest BCUT2D eigenvalue weighted by Gasteiger charge is 2.19. The molecular formula is C51H33N3O.